The van der Waals surface area contributed by atoms with Gasteiger partial charge in [0.25, 0.3) is 0 Å². The Hall–Kier alpha value is -0.990. The maximum atomic E-state index is 12.0. The van der Waals surface area contributed by atoms with E-state index in [1.54, 1.807) is 31.2 Å². The highest BCUT2D eigenvalue weighted by atomic mass is 79.9. The van der Waals surface area contributed by atoms with Crippen LogP contribution in [0.3, 0.4) is 0 Å². The SMILES string of the molecule is C/C(CCS(=O)(=O)c1ccc(Br)cc1)=N/NC(N)=S. The minimum absolute atomic E-state index is 0.0109. The van der Waals surface area contributed by atoms with Crippen LogP contribution in [0.1, 0.15) is 13.3 Å². The minimum atomic E-state index is -3.30. The fourth-order valence-electron chi connectivity index (χ4n) is 1.25. The smallest absolute Gasteiger partial charge is 0.184 e. The Morgan fingerprint density at radius 2 is 2.00 bits per heavy atom. The number of nitrogens with one attached hydrogen (secondary N) is 1. The highest BCUT2D eigenvalue weighted by Gasteiger charge is 2.14. The Bertz CT molecular complexity index is 582. The van der Waals surface area contributed by atoms with Crippen LogP contribution in [0.4, 0.5) is 0 Å². The van der Waals surface area contributed by atoms with Gasteiger partial charge in [-0.1, -0.05) is 15.9 Å². The van der Waals surface area contributed by atoms with Crippen molar-refractivity contribution in [1.29, 1.82) is 0 Å². The normalized spacial score (nSPS) is 12.2. The third-order valence-corrected chi connectivity index (χ3v) is 4.61. The lowest BCUT2D eigenvalue weighted by atomic mass is 10.3. The van der Waals surface area contributed by atoms with Crippen LogP contribution in [0.5, 0.6) is 0 Å². The van der Waals surface area contributed by atoms with Gasteiger partial charge in [-0.2, -0.15) is 5.10 Å². The fraction of sp³-hybridized carbons (Fsp3) is 0.273. The molecule has 0 unspecified atom stereocenters. The monoisotopic (exact) mass is 363 g/mol. The molecule has 19 heavy (non-hydrogen) atoms. The van der Waals surface area contributed by atoms with Crippen LogP contribution in [-0.2, 0) is 9.84 Å². The summed E-state index contributed by atoms with van der Waals surface area (Å²) in [6, 6.07) is 6.53. The standard InChI is InChI=1S/C11H14BrN3O2S2/c1-8(14-15-11(13)18)6-7-19(16,17)10-4-2-9(12)3-5-10/h2-5H,6-7H2,1H3,(H3,13,15,18)/b14-8-. The van der Waals surface area contributed by atoms with E-state index in [0.717, 1.165) is 4.47 Å². The molecule has 1 aromatic carbocycles. The van der Waals surface area contributed by atoms with Crippen LogP contribution in [0.25, 0.3) is 0 Å². The molecule has 0 radical (unpaired) electrons. The predicted molar refractivity (Wildman–Crippen MR) is 83.8 cm³/mol. The van der Waals surface area contributed by atoms with Crippen LogP contribution in [0.2, 0.25) is 0 Å². The van der Waals surface area contributed by atoms with Crippen molar-refractivity contribution >= 4 is 48.8 Å². The van der Waals surface area contributed by atoms with E-state index < -0.39 is 9.84 Å². The zero-order chi connectivity index (χ0) is 14.5. The van der Waals surface area contributed by atoms with E-state index in [-0.39, 0.29) is 10.9 Å². The number of hydrogen-bond donors (Lipinski definition) is 2. The van der Waals surface area contributed by atoms with Crippen molar-refractivity contribution in [3.05, 3.63) is 28.7 Å². The Balaban J connectivity index is 2.68. The van der Waals surface area contributed by atoms with Gasteiger partial charge in [-0.25, -0.2) is 8.42 Å². The molecular formula is C11H14BrN3O2S2. The van der Waals surface area contributed by atoms with E-state index >= 15 is 0 Å². The molecule has 104 valence electrons. The maximum absolute atomic E-state index is 12.0. The second kappa shape index (κ2) is 6.97. The van der Waals surface area contributed by atoms with Crippen LogP contribution in [0.15, 0.2) is 38.7 Å². The Morgan fingerprint density at radius 1 is 1.42 bits per heavy atom. The number of nitrogens with two attached hydrogens (primary N) is 1. The van der Waals surface area contributed by atoms with E-state index in [4.69, 9.17) is 5.73 Å². The zero-order valence-electron chi connectivity index (χ0n) is 10.3. The number of benzene rings is 1. The molecule has 0 aliphatic carbocycles. The number of rotatable bonds is 5. The molecule has 0 atom stereocenters. The largest absolute Gasteiger partial charge is 0.375 e. The summed E-state index contributed by atoms with van der Waals surface area (Å²) < 4.78 is 24.9. The molecule has 0 spiro atoms. The number of hydrogen-bond acceptors (Lipinski definition) is 4. The first-order valence-electron chi connectivity index (χ1n) is 5.38. The molecule has 0 bridgehead atoms. The summed E-state index contributed by atoms with van der Waals surface area (Å²) in [6.07, 6.45) is 0.314. The van der Waals surface area contributed by atoms with Gasteiger partial charge in [-0.15, -0.1) is 0 Å². The first-order valence-corrected chi connectivity index (χ1v) is 8.23. The molecule has 0 aromatic heterocycles. The zero-order valence-corrected chi connectivity index (χ0v) is 13.5. The van der Waals surface area contributed by atoms with Crippen molar-refractivity contribution in [2.75, 3.05) is 5.75 Å². The highest BCUT2D eigenvalue weighted by Crippen LogP contribution is 2.16. The highest BCUT2D eigenvalue weighted by molar-refractivity contribution is 9.10. The van der Waals surface area contributed by atoms with Gasteiger partial charge in [0.15, 0.2) is 14.9 Å². The molecule has 1 aromatic rings. The Labute approximate surface area is 126 Å². The van der Waals surface area contributed by atoms with Gasteiger partial charge < -0.3 is 5.73 Å². The fourth-order valence-corrected chi connectivity index (χ4v) is 2.91. The third-order valence-electron chi connectivity index (χ3n) is 2.26. The number of thiocarbonyl (C=S) groups is 1. The summed E-state index contributed by atoms with van der Waals surface area (Å²) in [6.45, 7) is 1.71. The van der Waals surface area contributed by atoms with Crippen molar-refractivity contribution in [2.24, 2.45) is 10.8 Å². The van der Waals surface area contributed by atoms with Gasteiger partial charge in [0, 0.05) is 16.6 Å². The molecule has 1 rings (SSSR count). The topological polar surface area (TPSA) is 84.5 Å². The molecule has 0 saturated carbocycles. The molecule has 8 heteroatoms. The second-order valence-electron chi connectivity index (χ2n) is 3.85. The van der Waals surface area contributed by atoms with Crippen LogP contribution in [0, 0.1) is 0 Å². The second-order valence-corrected chi connectivity index (χ2v) is 7.31. The van der Waals surface area contributed by atoms with Gasteiger partial charge >= 0.3 is 0 Å². The molecule has 0 saturated heterocycles. The summed E-state index contributed by atoms with van der Waals surface area (Å²) in [4.78, 5) is 0.297. The van der Waals surface area contributed by atoms with Crippen molar-refractivity contribution in [2.45, 2.75) is 18.2 Å². The van der Waals surface area contributed by atoms with E-state index in [1.807, 2.05) is 0 Å². The van der Waals surface area contributed by atoms with Gasteiger partial charge in [0.1, 0.15) is 0 Å². The summed E-state index contributed by atoms with van der Waals surface area (Å²) >= 11 is 7.86. The number of hydrazone groups is 1. The molecule has 0 aliphatic rings. The summed E-state index contributed by atoms with van der Waals surface area (Å²) in [7, 11) is -3.30. The molecule has 5 nitrogen and oxygen atoms in total. The molecule has 0 fully saturated rings. The lowest BCUT2D eigenvalue weighted by Crippen LogP contribution is -2.25. The van der Waals surface area contributed by atoms with Gasteiger partial charge in [0.2, 0.25) is 0 Å². The molecule has 0 aliphatic heterocycles. The summed E-state index contributed by atoms with van der Waals surface area (Å²) in [5.41, 5.74) is 8.26. The van der Waals surface area contributed by atoms with Crippen LogP contribution >= 0.6 is 28.1 Å². The van der Waals surface area contributed by atoms with Crippen LogP contribution in [-0.4, -0.2) is 25.0 Å². The molecular weight excluding hydrogens is 350 g/mol. The van der Waals surface area contributed by atoms with Gasteiger partial charge in [-0.05, 0) is 43.4 Å². The lowest BCUT2D eigenvalue weighted by Gasteiger charge is -2.05. The Morgan fingerprint density at radius 3 is 2.53 bits per heavy atom. The van der Waals surface area contributed by atoms with Gasteiger partial charge in [-0.3, -0.25) is 5.43 Å². The Kier molecular flexibility index (Phi) is 5.89. The summed E-state index contributed by atoms with van der Waals surface area (Å²) in [5.74, 6) is -0.0109. The van der Waals surface area contributed by atoms with Gasteiger partial charge in [0.05, 0.1) is 10.6 Å². The molecule has 0 heterocycles. The van der Waals surface area contributed by atoms with E-state index in [1.165, 1.54) is 0 Å². The van der Waals surface area contributed by atoms with E-state index in [0.29, 0.717) is 17.0 Å². The minimum Gasteiger partial charge on any atom is -0.375 e. The summed E-state index contributed by atoms with van der Waals surface area (Å²) in [5, 5.41) is 3.91. The molecule has 0 amide bonds. The van der Waals surface area contributed by atoms with E-state index in [9.17, 15) is 8.42 Å². The first kappa shape index (κ1) is 16.1. The molecule has 3 N–H and O–H groups in total. The average Bonchev–Trinajstić information content (AvgIpc) is 2.34. The maximum Gasteiger partial charge on any atom is 0.184 e. The van der Waals surface area contributed by atoms with Crippen molar-refractivity contribution in [1.82, 2.24) is 5.43 Å². The number of sulfone groups is 1. The van der Waals surface area contributed by atoms with Crippen LogP contribution < -0.4 is 11.2 Å². The predicted octanol–water partition coefficient (Wildman–Crippen LogP) is 1.82. The number of halogens is 1. The first-order chi connectivity index (χ1) is 8.81. The van der Waals surface area contributed by atoms with E-state index in [2.05, 4.69) is 38.7 Å². The van der Waals surface area contributed by atoms with Crippen molar-refractivity contribution in [3.63, 3.8) is 0 Å². The van der Waals surface area contributed by atoms with Crippen molar-refractivity contribution < 1.29 is 8.42 Å². The quantitative estimate of drug-likeness (QED) is 0.473. The lowest BCUT2D eigenvalue weighted by molar-refractivity contribution is 0.596. The van der Waals surface area contributed by atoms with Crippen molar-refractivity contribution in [3.8, 4) is 0 Å². The average molecular weight is 364 g/mol. The number of nitrogens with zero attached hydrogens (tertiary/aromatic N) is 1. The third kappa shape index (κ3) is 5.66.